The van der Waals surface area contributed by atoms with E-state index in [2.05, 4.69) is 31.9 Å². The Kier molecular flexibility index (Phi) is 3.60. The summed E-state index contributed by atoms with van der Waals surface area (Å²) >= 11 is 6.01. The minimum Gasteiger partial charge on any atom is -0.294 e. The van der Waals surface area contributed by atoms with Crippen LogP contribution in [0, 0.1) is 0 Å². The number of rotatable bonds is 1. The zero-order valence-electron chi connectivity index (χ0n) is 7.45. The normalized spacial score (nSPS) is 11.6. The molecule has 1 nitrogen and oxygen atoms in total. The van der Waals surface area contributed by atoms with Crippen molar-refractivity contribution in [3.63, 3.8) is 0 Å². The molecule has 1 rings (SSSR count). The third kappa shape index (κ3) is 2.60. The summed E-state index contributed by atoms with van der Waals surface area (Å²) in [7, 11) is 0. The lowest BCUT2D eigenvalue weighted by Gasteiger charge is -2.13. The summed E-state index contributed by atoms with van der Waals surface area (Å²) in [6, 6.07) is 2.13. The highest BCUT2D eigenvalue weighted by molar-refractivity contribution is 9.13. The number of alkyl halides is 3. The van der Waals surface area contributed by atoms with Crippen LogP contribution in [0.4, 0.5) is 13.2 Å². The van der Waals surface area contributed by atoms with Gasteiger partial charge in [-0.05, 0) is 50.9 Å². The predicted molar refractivity (Wildman–Crippen MR) is 56.8 cm³/mol. The third-order valence-electron chi connectivity index (χ3n) is 1.75. The van der Waals surface area contributed by atoms with Crippen molar-refractivity contribution in [3.8, 4) is 0 Å². The summed E-state index contributed by atoms with van der Waals surface area (Å²) < 4.78 is 38.1. The quantitative estimate of drug-likeness (QED) is 0.688. The molecule has 0 unspecified atom stereocenters. The van der Waals surface area contributed by atoms with Gasteiger partial charge in [-0.25, -0.2) is 0 Å². The lowest BCUT2D eigenvalue weighted by Crippen LogP contribution is -2.12. The van der Waals surface area contributed by atoms with Crippen molar-refractivity contribution in [1.82, 2.24) is 0 Å². The van der Waals surface area contributed by atoms with E-state index in [1.807, 2.05) is 0 Å². The maximum absolute atomic E-state index is 12.5. The van der Waals surface area contributed by atoms with E-state index in [0.717, 1.165) is 13.0 Å². The molecular formula is C9H5Br2F3O. The molecule has 1 aromatic rings. The van der Waals surface area contributed by atoms with E-state index < -0.39 is 17.5 Å². The third-order valence-corrected chi connectivity index (χ3v) is 3.77. The number of hydrogen-bond donors (Lipinski definition) is 0. The lowest BCUT2D eigenvalue weighted by molar-refractivity contribution is -0.138. The molecule has 0 saturated carbocycles. The van der Waals surface area contributed by atoms with Crippen molar-refractivity contribution in [2.24, 2.45) is 0 Å². The van der Waals surface area contributed by atoms with Crippen LogP contribution < -0.4 is 0 Å². The average molecular weight is 346 g/mol. The summed E-state index contributed by atoms with van der Waals surface area (Å²) in [5.41, 5.74) is -1.28. The van der Waals surface area contributed by atoms with Crippen LogP contribution in [0.25, 0.3) is 0 Å². The van der Waals surface area contributed by atoms with E-state index >= 15 is 0 Å². The maximum atomic E-state index is 12.5. The van der Waals surface area contributed by atoms with E-state index in [9.17, 15) is 18.0 Å². The van der Waals surface area contributed by atoms with E-state index in [-0.39, 0.29) is 10.0 Å². The van der Waals surface area contributed by atoms with Gasteiger partial charge in [0.25, 0.3) is 0 Å². The second kappa shape index (κ2) is 4.25. The van der Waals surface area contributed by atoms with Crippen LogP contribution in [0.3, 0.4) is 0 Å². The van der Waals surface area contributed by atoms with Crippen molar-refractivity contribution in [1.29, 1.82) is 0 Å². The van der Waals surface area contributed by atoms with Crippen molar-refractivity contribution in [2.75, 3.05) is 0 Å². The minimum atomic E-state index is -4.52. The highest BCUT2D eigenvalue weighted by atomic mass is 79.9. The zero-order chi connectivity index (χ0) is 11.8. The fourth-order valence-corrected chi connectivity index (χ4v) is 2.09. The van der Waals surface area contributed by atoms with Gasteiger partial charge in [-0.15, -0.1) is 0 Å². The molecule has 0 radical (unpaired) electrons. The fraction of sp³-hybridized carbons (Fsp3) is 0.222. The molecule has 0 fully saturated rings. The Bertz CT molecular complexity index is 413. The Morgan fingerprint density at radius 3 is 2.20 bits per heavy atom. The second-order valence-electron chi connectivity index (χ2n) is 2.84. The molecule has 0 saturated heterocycles. The average Bonchev–Trinajstić information content (AvgIpc) is 2.06. The van der Waals surface area contributed by atoms with E-state index in [1.54, 1.807) is 0 Å². The van der Waals surface area contributed by atoms with Gasteiger partial charge in [0.05, 0.1) is 5.56 Å². The topological polar surface area (TPSA) is 17.1 Å². The van der Waals surface area contributed by atoms with Gasteiger partial charge in [-0.3, -0.25) is 4.79 Å². The summed E-state index contributed by atoms with van der Waals surface area (Å²) in [5.74, 6) is -0.629. The largest absolute Gasteiger partial charge is 0.417 e. The molecule has 0 aliphatic heterocycles. The van der Waals surface area contributed by atoms with Gasteiger partial charge in [0, 0.05) is 14.5 Å². The first kappa shape index (κ1) is 12.7. The molecule has 0 aliphatic rings. The standard InChI is InChI=1S/C9H5Br2F3O/c1-4(15)7-5(9(12,13)14)2-3-6(10)8(7)11/h2-3H,1H3. The molecule has 0 spiro atoms. The summed E-state index contributed by atoms with van der Waals surface area (Å²) in [5, 5.41) is 0. The van der Waals surface area contributed by atoms with Crippen LogP contribution in [0.15, 0.2) is 21.1 Å². The van der Waals surface area contributed by atoms with E-state index in [4.69, 9.17) is 0 Å². The summed E-state index contributed by atoms with van der Waals surface area (Å²) in [6.45, 7) is 1.10. The Morgan fingerprint density at radius 1 is 1.27 bits per heavy atom. The summed E-state index contributed by atoms with van der Waals surface area (Å²) in [4.78, 5) is 11.1. The molecule has 1 aromatic carbocycles. The number of benzene rings is 1. The van der Waals surface area contributed by atoms with Crippen LogP contribution in [0.5, 0.6) is 0 Å². The first-order valence-corrected chi connectivity index (χ1v) is 5.40. The molecule has 0 bridgehead atoms. The van der Waals surface area contributed by atoms with Gasteiger partial charge in [0.2, 0.25) is 0 Å². The van der Waals surface area contributed by atoms with Crippen LogP contribution in [-0.2, 0) is 6.18 Å². The molecule has 0 aliphatic carbocycles. The number of ketones is 1. The van der Waals surface area contributed by atoms with E-state index in [0.29, 0.717) is 4.47 Å². The molecule has 0 atom stereocenters. The van der Waals surface area contributed by atoms with Gasteiger partial charge >= 0.3 is 6.18 Å². The maximum Gasteiger partial charge on any atom is 0.417 e. The van der Waals surface area contributed by atoms with Crippen LogP contribution in [0.2, 0.25) is 0 Å². The SMILES string of the molecule is CC(=O)c1c(C(F)(F)F)ccc(Br)c1Br. The summed E-state index contributed by atoms with van der Waals surface area (Å²) in [6.07, 6.45) is -4.52. The molecule has 0 amide bonds. The fourth-order valence-electron chi connectivity index (χ4n) is 1.13. The molecule has 0 heterocycles. The number of halogens is 5. The highest BCUT2D eigenvalue weighted by Crippen LogP contribution is 2.38. The van der Waals surface area contributed by atoms with Crippen molar-refractivity contribution in [2.45, 2.75) is 13.1 Å². The van der Waals surface area contributed by atoms with Gasteiger partial charge in [-0.2, -0.15) is 13.2 Å². The first-order valence-electron chi connectivity index (χ1n) is 3.81. The zero-order valence-corrected chi connectivity index (χ0v) is 10.6. The van der Waals surface area contributed by atoms with Crippen molar-refractivity contribution < 1.29 is 18.0 Å². The van der Waals surface area contributed by atoms with Crippen LogP contribution in [-0.4, -0.2) is 5.78 Å². The van der Waals surface area contributed by atoms with Gasteiger partial charge < -0.3 is 0 Å². The number of Topliss-reactive ketones (excluding diaryl/α,β-unsaturated/α-hetero) is 1. The van der Waals surface area contributed by atoms with Gasteiger partial charge in [0.1, 0.15) is 0 Å². The molecule has 82 valence electrons. The molecular weight excluding hydrogens is 341 g/mol. The highest BCUT2D eigenvalue weighted by Gasteiger charge is 2.35. The van der Waals surface area contributed by atoms with Crippen LogP contribution >= 0.6 is 31.9 Å². The van der Waals surface area contributed by atoms with Crippen LogP contribution in [0.1, 0.15) is 22.8 Å². The number of carbonyl (C=O) groups excluding carboxylic acids is 1. The number of hydrogen-bond acceptors (Lipinski definition) is 1. The first-order chi connectivity index (χ1) is 6.75. The Morgan fingerprint density at radius 2 is 1.80 bits per heavy atom. The predicted octanol–water partition coefficient (Wildman–Crippen LogP) is 4.43. The monoisotopic (exact) mass is 344 g/mol. The molecule has 0 aromatic heterocycles. The minimum absolute atomic E-state index is 0.129. The lowest BCUT2D eigenvalue weighted by atomic mass is 10.0. The molecule has 6 heteroatoms. The Hall–Kier alpha value is -0.360. The van der Waals surface area contributed by atoms with E-state index in [1.165, 1.54) is 6.07 Å². The van der Waals surface area contributed by atoms with Crippen molar-refractivity contribution in [3.05, 3.63) is 32.2 Å². The molecule has 0 N–H and O–H groups in total. The second-order valence-corrected chi connectivity index (χ2v) is 4.49. The molecule has 15 heavy (non-hydrogen) atoms. The smallest absolute Gasteiger partial charge is 0.294 e. The van der Waals surface area contributed by atoms with Gasteiger partial charge in [0.15, 0.2) is 5.78 Å². The number of carbonyl (C=O) groups is 1. The van der Waals surface area contributed by atoms with Gasteiger partial charge in [-0.1, -0.05) is 0 Å². The van der Waals surface area contributed by atoms with Crippen molar-refractivity contribution >= 4 is 37.6 Å². The Labute approximate surface area is 101 Å². The Balaban J connectivity index is 3.55.